The Morgan fingerprint density at radius 1 is 1.29 bits per heavy atom. The Hall–Kier alpha value is -1.02. The van der Waals surface area contributed by atoms with Gasteiger partial charge in [-0.05, 0) is 17.5 Å². The van der Waals surface area contributed by atoms with Crippen molar-refractivity contribution in [1.29, 1.82) is 0 Å². The molecule has 0 aliphatic carbocycles. The van der Waals surface area contributed by atoms with Gasteiger partial charge in [0.1, 0.15) is 0 Å². The monoisotopic (exact) mass is 211 g/mol. The molecule has 1 aromatic rings. The van der Waals surface area contributed by atoms with Crippen LogP contribution in [0.3, 0.4) is 0 Å². The molecule has 0 aliphatic heterocycles. The SMILES string of the molecule is CC(=O)NCCc1ccc(CCl)cc1. The van der Waals surface area contributed by atoms with E-state index in [4.69, 9.17) is 11.6 Å². The van der Waals surface area contributed by atoms with Crippen LogP contribution < -0.4 is 5.32 Å². The predicted octanol–water partition coefficient (Wildman–Crippen LogP) is 2.10. The highest BCUT2D eigenvalue weighted by molar-refractivity contribution is 6.17. The normalized spacial score (nSPS) is 9.86. The molecule has 76 valence electrons. The number of amides is 1. The second-order valence-electron chi connectivity index (χ2n) is 3.18. The number of alkyl halides is 1. The van der Waals surface area contributed by atoms with Gasteiger partial charge >= 0.3 is 0 Å². The van der Waals surface area contributed by atoms with E-state index >= 15 is 0 Å². The van der Waals surface area contributed by atoms with Crippen molar-refractivity contribution in [1.82, 2.24) is 5.32 Å². The molecule has 0 atom stereocenters. The first kappa shape index (κ1) is 11.1. The molecule has 0 aliphatic rings. The lowest BCUT2D eigenvalue weighted by Crippen LogP contribution is -2.22. The van der Waals surface area contributed by atoms with Crippen molar-refractivity contribution in [3.63, 3.8) is 0 Å². The lowest BCUT2D eigenvalue weighted by Gasteiger charge is -2.03. The van der Waals surface area contributed by atoms with E-state index < -0.39 is 0 Å². The van der Waals surface area contributed by atoms with E-state index in [9.17, 15) is 4.79 Å². The van der Waals surface area contributed by atoms with E-state index in [2.05, 4.69) is 5.32 Å². The molecule has 1 N–H and O–H groups in total. The number of benzene rings is 1. The maximum absolute atomic E-state index is 10.6. The molecule has 0 radical (unpaired) electrons. The van der Waals surface area contributed by atoms with Crippen LogP contribution in [0.1, 0.15) is 18.1 Å². The minimum Gasteiger partial charge on any atom is -0.356 e. The zero-order chi connectivity index (χ0) is 10.4. The van der Waals surface area contributed by atoms with Crippen molar-refractivity contribution >= 4 is 17.5 Å². The number of rotatable bonds is 4. The van der Waals surface area contributed by atoms with Crippen LogP contribution in [-0.4, -0.2) is 12.5 Å². The largest absolute Gasteiger partial charge is 0.356 e. The van der Waals surface area contributed by atoms with Crippen molar-refractivity contribution in [2.45, 2.75) is 19.2 Å². The number of hydrogen-bond donors (Lipinski definition) is 1. The number of hydrogen-bond acceptors (Lipinski definition) is 1. The Balaban J connectivity index is 2.40. The van der Waals surface area contributed by atoms with E-state index in [-0.39, 0.29) is 5.91 Å². The van der Waals surface area contributed by atoms with Crippen molar-refractivity contribution in [3.8, 4) is 0 Å². The van der Waals surface area contributed by atoms with Gasteiger partial charge < -0.3 is 5.32 Å². The summed E-state index contributed by atoms with van der Waals surface area (Å²) in [7, 11) is 0. The van der Waals surface area contributed by atoms with Gasteiger partial charge in [0.25, 0.3) is 0 Å². The molecule has 0 fully saturated rings. The van der Waals surface area contributed by atoms with Crippen LogP contribution >= 0.6 is 11.6 Å². The van der Waals surface area contributed by atoms with Gasteiger partial charge in [0.05, 0.1) is 0 Å². The van der Waals surface area contributed by atoms with Gasteiger partial charge in [-0.25, -0.2) is 0 Å². The first-order valence-corrected chi connectivity index (χ1v) is 5.14. The minimum absolute atomic E-state index is 0.0161. The first-order valence-electron chi connectivity index (χ1n) is 4.60. The third-order valence-corrected chi connectivity index (χ3v) is 2.27. The second kappa shape index (κ2) is 5.66. The highest BCUT2D eigenvalue weighted by Gasteiger charge is 1.95. The van der Waals surface area contributed by atoms with Crippen molar-refractivity contribution in [3.05, 3.63) is 35.4 Å². The summed E-state index contributed by atoms with van der Waals surface area (Å²) >= 11 is 5.67. The van der Waals surface area contributed by atoms with Gasteiger partial charge in [-0.15, -0.1) is 11.6 Å². The molecular weight excluding hydrogens is 198 g/mol. The van der Waals surface area contributed by atoms with Crippen LogP contribution in [0.25, 0.3) is 0 Å². The fourth-order valence-corrected chi connectivity index (χ4v) is 1.36. The van der Waals surface area contributed by atoms with Crippen molar-refractivity contribution in [2.24, 2.45) is 0 Å². The van der Waals surface area contributed by atoms with E-state index in [1.165, 1.54) is 12.5 Å². The number of nitrogens with one attached hydrogen (secondary N) is 1. The third-order valence-electron chi connectivity index (χ3n) is 1.96. The lowest BCUT2D eigenvalue weighted by molar-refractivity contribution is -0.118. The Morgan fingerprint density at radius 2 is 1.86 bits per heavy atom. The van der Waals surface area contributed by atoms with Crippen molar-refractivity contribution in [2.75, 3.05) is 6.54 Å². The number of carbonyl (C=O) groups is 1. The average Bonchev–Trinajstić information content (AvgIpc) is 2.18. The van der Waals surface area contributed by atoms with Crippen LogP contribution in [0.15, 0.2) is 24.3 Å². The Labute approximate surface area is 89.3 Å². The average molecular weight is 212 g/mol. The van der Waals surface area contributed by atoms with Gasteiger partial charge in [-0.3, -0.25) is 4.79 Å². The second-order valence-corrected chi connectivity index (χ2v) is 3.45. The molecule has 3 heteroatoms. The van der Waals surface area contributed by atoms with Crippen LogP contribution in [0.2, 0.25) is 0 Å². The highest BCUT2D eigenvalue weighted by atomic mass is 35.5. The maximum Gasteiger partial charge on any atom is 0.216 e. The molecule has 0 spiro atoms. The molecule has 0 aromatic heterocycles. The Kier molecular flexibility index (Phi) is 4.47. The van der Waals surface area contributed by atoms with Gasteiger partial charge in [-0.2, -0.15) is 0 Å². The summed E-state index contributed by atoms with van der Waals surface area (Å²) in [6.07, 6.45) is 0.863. The molecular formula is C11H14ClNO. The number of halogens is 1. The van der Waals surface area contributed by atoms with Crippen LogP contribution in [0.4, 0.5) is 0 Å². The zero-order valence-corrected chi connectivity index (χ0v) is 8.97. The molecule has 2 nitrogen and oxygen atoms in total. The van der Waals surface area contributed by atoms with Gasteiger partial charge in [0.15, 0.2) is 0 Å². The summed E-state index contributed by atoms with van der Waals surface area (Å²) in [5.41, 5.74) is 2.34. The van der Waals surface area contributed by atoms with E-state index in [1.807, 2.05) is 24.3 Å². The van der Waals surface area contributed by atoms with Crippen LogP contribution in [0, 0.1) is 0 Å². The molecule has 1 aromatic carbocycles. The molecule has 0 saturated carbocycles. The molecule has 0 heterocycles. The van der Waals surface area contributed by atoms with E-state index in [1.54, 1.807) is 0 Å². The summed E-state index contributed by atoms with van der Waals surface area (Å²) in [5.74, 6) is 0.564. The van der Waals surface area contributed by atoms with E-state index in [0.29, 0.717) is 12.4 Å². The number of carbonyl (C=O) groups excluding carboxylic acids is 1. The summed E-state index contributed by atoms with van der Waals surface area (Å²) in [6, 6.07) is 8.10. The molecule has 0 unspecified atom stereocenters. The van der Waals surface area contributed by atoms with Crippen LogP contribution in [0.5, 0.6) is 0 Å². The maximum atomic E-state index is 10.6. The van der Waals surface area contributed by atoms with Crippen LogP contribution in [-0.2, 0) is 17.1 Å². The molecule has 0 bridgehead atoms. The standard InChI is InChI=1S/C11H14ClNO/c1-9(14)13-7-6-10-2-4-11(8-12)5-3-10/h2-5H,6-8H2,1H3,(H,13,14). The summed E-state index contributed by atoms with van der Waals surface area (Å²) in [6.45, 7) is 2.21. The zero-order valence-electron chi connectivity index (χ0n) is 8.22. The molecule has 0 saturated heterocycles. The predicted molar refractivity (Wildman–Crippen MR) is 58.4 cm³/mol. The highest BCUT2D eigenvalue weighted by Crippen LogP contribution is 2.06. The quantitative estimate of drug-likeness (QED) is 0.760. The summed E-state index contributed by atoms with van der Waals surface area (Å²) in [4.78, 5) is 10.6. The smallest absolute Gasteiger partial charge is 0.216 e. The van der Waals surface area contributed by atoms with Gasteiger partial charge in [0.2, 0.25) is 5.91 Å². The lowest BCUT2D eigenvalue weighted by atomic mass is 10.1. The minimum atomic E-state index is 0.0161. The Morgan fingerprint density at radius 3 is 2.36 bits per heavy atom. The molecule has 1 rings (SSSR count). The topological polar surface area (TPSA) is 29.1 Å². The van der Waals surface area contributed by atoms with Crippen molar-refractivity contribution < 1.29 is 4.79 Å². The first-order chi connectivity index (χ1) is 6.72. The fourth-order valence-electron chi connectivity index (χ4n) is 1.18. The van der Waals surface area contributed by atoms with E-state index in [0.717, 1.165) is 12.0 Å². The summed E-state index contributed by atoms with van der Waals surface area (Å²) in [5, 5.41) is 2.76. The van der Waals surface area contributed by atoms with Gasteiger partial charge in [0, 0.05) is 19.3 Å². The fraction of sp³-hybridized carbons (Fsp3) is 0.364. The molecule has 14 heavy (non-hydrogen) atoms. The third kappa shape index (κ3) is 3.79. The van der Waals surface area contributed by atoms with Gasteiger partial charge in [-0.1, -0.05) is 24.3 Å². The Bertz CT molecular complexity index is 295. The summed E-state index contributed by atoms with van der Waals surface area (Å²) < 4.78 is 0. The molecule has 1 amide bonds.